The SMILES string of the molecule is COC(=O)c1c(NC(=O)CSc2n[nH]c(=O)[nH]c2=O)sc2c1CCCC2. The molecule has 0 spiro atoms. The molecule has 138 valence electrons. The monoisotopic (exact) mass is 396 g/mol. The molecule has 9 nitrogen and oxygen atoms in total. The quantitative estimate of drug-likeness (QED) is 0.505. The number of H-pyrrole nitrogens is 2. The molecule has 1 aliphatic rings. The summed E-state index contributed by atoms with van der Waals surface area (Å²) in [4.78, 5) is 50.0. The maximum Gasteiger partial charge on any atom is 0.342 e. The molecule has 0 fully saturated rings. The molecule has 0 aliphatic heterocycles. The van der Waals surface area contributed by atoms with Crippen molar-refractivity contribution in [2.45, 2.75) is 30.7 Å². The molecule has 11 heteroatoms. The number of amides is 1. The zero-order chi connectivity index (χ0) is 18.7. The van der Waals surface area contributed by atoms with E-state index in [9.17, 15) is 19.2 Å². The van der Waals surface area contributed by atoms with Gasteiger partial charge in [-0.25, -0.2) is 14.7 Å². The summed E-state index contributed by atoms with van der Waals surface area (Å²) in [6, 6.07) is 0. The Balaban J connectivity index is 1.74. The fraction of sp³-hybridized carbons (Fsp3) is 0.400. The molecular weight excluding hydrogens is 380 g/mol. The highest BCUT2D eigenvalue weighted by Gasteiger charge is 2.26. The zero-order valence-corrected chi connectivity index (χ0v) is 15.5. The lowest BCUT2D eigenvalue weighted by atomic mass is 9.95. The molecule has 2 heterocycles. The van der Waals surface area contributed by atoms with Gasteiger partial charge in [0.2, 0.25) is 5.91 Å². The summed E-state index contributed by atoms with van der Waals surface area (Å²) < 4.78 is 4.86. The lowest BCUT2D eigenvalue weighted by molar-refractivity contribution is -0.113. The highest BCUT2D eigenvalue weighted by molar-refractivity contribution is 7.99. The number of carbonyl (C=O) groups excluding carboxylic acids is 2. The lowest BCUT2D eigenvalue weighted by Gasteiger charge is -2.11. The number of thioether (sulfide) groups is 1. The summed E-state index contributed by atoms with van der Waals surface area (Å²) in [6.45, 7) is 0. The van der Waals surface area contributed by atoms with Gasteiger partial charge < -0.3 is 10.1 Å². The standard InChI is InChI=1S/C15H16N4O5S2/c1-24-14(22)10-7-4-2-3-5-8(7)26-12(10)16-9(20)6-25-13-11(21)17-15(23)19-18-13/h2-6H2,1H3,(H,16,20)(H2,17,19,21,23). The maximum absolute atomic E-state index is 12.3. The van der Waals surface area contributed by atoms with E-state index < -0.39 is 17.2 Å². The Labute approximate surface area is 155 Å². The van der Waals surface area contributed by atoms with Crippen molar-refractivity contribution in [1.82, 2.24) is 15.2 Å². The van der Waals surface area contributed by atoms with Crippen LogP contribution in [0.1, 0.15) is 33.6 Å². The van der Waals surface area contributed by atoms with E-state index in [0.29, 0.717) is 10.6 Å². The Morgan fingerprint density at radius 3 is 2.81 bits per heavy atom. The Bertz CT molecular complexity index is 962. The summed E-state index contributed by atoms with van der Waals surface area (Å²) in [5.41, 5.74) is 0.00411. The molecule has 1 aliphatic carbocycles. The number of hydrogen-bond acceptors (Lipinski definition) is 8. The summed E-state index contributed by atoms with van der Waals surface area (Å²) in [6.07, 6.45) is 3.72. The second-order valence-electron chi connectivity index (χ2n) is 5.56. The van der Waals surface area contributed by atoms with E-state index in [-0.39, 0.29) is 16.7 Å². The number of ether oxygens (including phenoxy) is 1. The molecule has 1 amide bonds. The summed E-state index contributed by atoms with van der Waals surface area (Å²) in [5, 5.41) is 8.89. The Kier molecular flexibility index (Phi) is 5.57. The van der Waals surface area contributed by atoms with Crippen LogP contribution < -0.4 is 16.6 Å². The molecule has 0 unspecified atom stereocenters. The molecule has 0 radical (unpaired) electrons. The number of anilines is 1. The largest absolute Gasteiger partial charge is 0.465 e. The minimum absolute atomic E-state index is 0.0154. The van der Waals surface area contributed by atoms with Crippen LogP contribution >= 0.6 is 23.1 Å². The normalized spacial score (nSPS) is 13.1. The molecule has 26 heavy (non-hydrogen) atoms. The molecule has 0 aromatic carbocycles. The average molecular weight is 396 g/mol. The predicted molar refractivity (Wildman–Crippen MR) is 97.1 cm³/mol. The number of aromatic amines is 2. The lowest BCUT2D eigenvalue weighted by Crippen LogP contribution is -2.25. The van der Waals surface area contributed by atoms with Gasteiger partial charge in [0, 0.05) is 4.88 Å². The van der Waals surface area contributed by atoms with Crippen LogP contribution in [0, 0.1) is 0 Å². The number of esters is 1. The van der Waals surface area contributed by atoms with Crippen LogP contribution in [0.25, 0.3) is 0 Å². The minimum atomic E-state index is -0.712. The van der Waals surface area contributed by atoms with Gasteiger partial charge in [0.05, 0.1) is 18.4 Å². The van der Waals surface area contributed by atoms with Crippen LogP contribution in [0.3, 0.4) is 0 Å². The van der Waals surface area contributed by atoms with Gasteiger partial charge in [0.1, 0.15) is 5.00 Å². The number of aromatic nitrogens is 3. The Morgan fingerprint density at radius 1 is 1.31 bits per heavy atom. The van der Waals surface area contributed by atoms with E-state index >= 15 is 0 Å². The highest BCUT2D eigenvalue weighted by Crippen LogP contribution is 2.38. The molecular formula is C15H16N4O5S2. The van der Waals surface area contributed by atoms with Crippen molar-refractivity contribution in [3.8, 4) is 0 Å². The van der Waals surface area contributed by atoms with Crippen molar-refractivity contribution in [2.24, 2.45) is 0 Å². The number of nitrogens with one attached hydrogen (secondary N) is 3. The van der Waals surface area contributed by atoms with Crippen LogP contribution in [0.15, 0.2) is 14.6 Å². The van der Waals surface area contributed by atoms with Crippen LogP contribution in [-0.2, 0) is 22.4 Å². The second-order valence-corrected chi connectivity index (χ2v) is 7.62. The summed E-state index contributed by atoms with van der Waals surface area (Å²) >= 11 is 2.28. The maximum atomic E-state index is 12.3. The van der Waals surface area contributed by atoms with Gasteiger partial charge in [-0.05, 0) is 31.2 Å². The minimum Gasteiger partial charge on any atom is -0.465 e. The van der Waals surface area contributed by atoms with Crippen LogP contribution in [0.4, 0.5) is 5.00 Å². The number of carbonyl (C=O) groups is 2. The Hall–Kier alpha value is -2.40. The number of methoxy groups -OCH3 is 1. The third kappa shape index (κ3) is 3.88. The number of fused-ring (bicyclic) bond motifs is 1. The zero-order valence-electron chi connectivity index (χ0n) is 13.8. The number of rotatable bonds is 5. The fourth-order valence-electron chi connectivity index (χ4n) is 2.70. The van der Waals surface area contributed by atoms with Crippen molar-refractivity contribution in [3.63, 3.8) is 0 Å². The second kappa shape index (κ2) is 7.87. The molecule has 2 aromatic heterocycles. The molecule has 3 N–H and O–H groups in total. The summed E-state index contributed by atoms with van der Waals surface area (Å²) in [7, 11) is 1.31. The van der Waals surface area contributed by atoms with E-state index in [4.69, 9.17) is 4.74 Å². The van der Waals surface area contributed by atoms with Crippen molar-refractivity contribution in [3.05, 3.63) is 36.8 Å². The first-order valence-electron chi connectivity index (χ1n) is 7.84. The molecule has 0 saturated heterocycles. The predicted octanol–water partition coefficient (Wildman–Crippen LogP) is 0.916. The Morgan fingerprint density at radius 2 is 2.08 bits per heavy atom. The molecule has 2 aromatic rings. The topological polar surface area (TPSA) is 134 Å². The van der Waals surface area contributed by atoms with Gasteiger partial charge in [0.25, 0.3) is 5.56 Å². The van der Waals surface area contributed by atoms with E-state index in [0.717, 1.165) is 47.9 Å². The van der Waals surface area contributed by atoms with E-state index in [1.165, 1.54) is 18.4 Å². The van der Waals surface area contributed by atoms with Gasteiger partial charge in [-0.2, -0.15) is 5.10 Å². The van der Waals surface area contributed by atoms with Crippen LogP contribution in [-0.4, -0.2) is 39.9 Å². The van der Waals surface area contributed by atoms with E-state index in [1.54, 1.807) is 0 Å². The van der Waals surface area contributed by atoms with Gasteiger partial charge >= 0.3 is 11.7 Å². The fourth-order valence-corrected chi connectivity index (χ4v) is 4.63. The summed E-state index contributed by atoms with van der Waals surface area (Å²) in [5.74, 6) is -0.942. The highest BCUT2D eigenvalue weighted by atomic mass is 32.2. The number of hydrogen-bond donors (Lipinski definition) is 3. The third-order valence-corrected chi connectivity index (χ3v) is 6.00. The van der Waals surface area contributed by atoms with Crippen molar-refractivity contribution < 1.29 is 14.3 Å². The van der Waals surface area contributed by atoms with Crippen molar-refractivity contribution >= 4 is 40.0 Å². The molecule has 0 atom stereocenters. The van der Waals surface area contributed by atoms with Crippen molar-refractivity contribution in [2.75, 3.05) is 18.2 Å². The first-order valence-corrected chi connectivity index (χ1v) is 9.64. The third-order valence-electron chi connectivity index (χ3n) is 3.83. The molecule has 3 rings (SSSR count). The van der Waals surface area contributed by atoms with Crippen molar-refractivity contribution in [1.29, 1.82) is 0 Å². The average Bonchev–Trinajstić information content (AvgIpc) is 2.98. The van der Waals surface area contributed by atoms with Gasteiger partial charge in [0.15, 0.2) is 5.03 Å². The number of thiophene rings is 1. The molecule has 0 bridgehead atoms. The van der Waals surface area contributed by atoms with E-state index in [2.05, 4.69) is 15.5 Å². The molecule has 0 saturated carbocycles. The smallest absolute Gasteiger partial charge is 0.342 e. The van der Waals surface area contributed by atoms with Gasteiger partial charge in [-0.3, -0.25) is 14.6 Å². The number of nitrogens with zero attached hydrogens (tertiary/aromatic N) is 1. The number of aryl methyl sites for hydroxylation is 1. The first-order chi connectivity index (χ1) is 12.5. The van der Waals surface area contributed by atoms with E-state index in [1.807, 2.05) is 4.98 Å². The van der Waals surface area contributed by atoms with Gasteiger partial charge in [-0.15, -0.1) is 11.3 Å². The first kappa shape index (κ1) is 18.4. The van der Waals surface area contributed by atoms with Crippen LogP contribution in [0.5, 0.6) is 0 Å². The van der Waals surface area contributed by atoms with Gasteiger partial charge in [-0.1, -0.05) is 11.8 Å². The van der Waals surface area contributed by atoms with Crippen LogP contribution in [0.2, 0.25) is 0 Å².